The molecule has 6 heteroatoms. The highest BCUT2D eigenvalue weighted by Crippen LogP contribution is 2.29. The smallest absolute Gasteiger partial charge is 0.253 e. The Morgan fingerprint density at radius 3 is 2.47 bits per heavy atom. The third kappa shape index (κ3) is 4.69. The zero-order valence-electron chi connectivity index (χ0n) is 18.3. The molecule has 0 aromatic heterocycles. The molecule has 1 aliphatic rings. The summed E-state index contributed by atoms with van der Waals surface area (Å²) in [4.78, 5) is 26.3. The normalized spacial score (nSPS) is 14.3. The number of amides is 2. The molecule has 1 heterocycles. The van der Waals surface area contributed by atoms with Gasteiger partial charge in [0.05, 0.1) is 6.61 Å². The van der Waals surface area contributed by atoms with E-state index in [-0.39, 0.29) is 24.3 Å². The molecule has 0 bridgehead atoms. The van der Waals surface area contributed by atoms with Gasteiger partial charge in [-0.05, 0) is 49.4 Å². The van der Waals surface area contributed by atoms with Crippen molar-refractivity contribution in [2.75, 3.05) is 19.7 Å². The highest BCUT2D eigenvalue weighted by molar-refractivity contribution is 5.95. The van der Waals surface area contributed by atoms with Crippen LogP contribution in [0, 0.1) is 5.92 Å². The van der Waals surface area contributed by atoms with Crippen LogP contribution in [-0.2, 0) is 11.4 Å². The van der Waals surface area contributed by atoms with Gasteiger partial charge in [0.15, 0.2) is 0 Å². The van der Waals surface area contributed by atoms with E-state index in [0.29, 0.717) is 43.9 Å². The van der Waals surface area contributed by atoms with E-state index in [1.54, 1.807) is 11.0 Å². The standard InChI is InChI=1S/C26H28N2O4/c1-2-31-23-11-10-20(26(30)28-14-12-19(13-15-28)25(27)29)16-21(23)17-32-24-9-5-7-18-6-3-4-8-22(18)24/h3-11,16,19H,2,12-15,17H2,1H3,(H2,27,29). The van der Waals surface area contributed by atoms with Crippen LogP contribution >= 0.6 is 0 Å². The predicted molar refractivity (Wildman–Crippen MR) is 124 cm³/mol. The van der Waals surface area contributed by atoms with Crippen molar-refractivity contribution >= 4 is 22.6 Å². The van der Waals surface area contributed by atoms with Crippen molar-refractivity contribution in [1.82, 2.24) is 4.90 Å². The van der Waals surface area contributed by atoms with Crippen molar-refractivity contribution in [3.05, 3.63) is 71.8 Å². The molecule has 1 saturated heterocycles. The first-order valence-electron chi connectivity index (χ1n) is 11.0. The molecule has 3 aromatic rings. The lowest BCUT2D eigenvalue weighted by Crippen LogP contribution is -2.41. The first-order valence-corrected chi connectivity index (χ1v) is 11.0. The highest BCUT2D eigenvalue weighted by Gasteiger charge is 2.26. The Labute approximate surface area is 187 Å². The van der Waals surface area contributed by atoms with Crippen LogP contribution in [0.4, 0.5) is 0 Å². The molecule has 0 aliphatic carbocycles. The first kappa shape index (κ1) is 21.7. The summed E-state index contributed by atoms with van der Waals surface area (Å²) in [5.74, 6) is 1.00. The number of carbonyl (C=O) groups is 2. The van der Waals surface area contributed by atoms with Gasteiger partial charge in [0, 0.05) is 35.5 Å². The number of carbonyl (C=O) groups excluding carboxylic acids is 2. The van der Waals surface area contributed by atoms with Crippen LogP contribution in [0.1, 0.15) is 35.7 Å². The summed E-state index contributed by atoms with van der Waals surface area (Å²) >= 11 is 0. The van der Waals surface area contributed by atoms with Gasteiger partial charge in [0.2, 0.25) is 5.91 Å². The number of ether oxygens (including phenoxy) is 2. The number of likely N-dealkylation sites (tertiary alicyclic amines) is 1. The van der Waals surface area contributed by atoms with Gasteiger partial charge in [-0.3, -0.25) is 9.59 Å². The van der Waals surface area contributed by atoms with Crippen LogP contribution in [0.25, 0.3) is 10.8 Å². The van der Waals surface area contributed by atoms with E-state index in [0.717, 1.165) is 22.1 Å². The van der Waals surface area contributed by atoms with E-state index in [1.807, 2.05) is 49.4 Å². The fraction of sp³-hybridized carbons (Fsp3) is 0.308. The lowest BCUT2D eigenvalue weighted by Gasteiger charge is -2.30. The van der Waals surface area contributed by atoms with E-state index in [2.05, 4.69) is 12.1 Å². The maximum absolute atomic E-state index is 13.1. The minimum absolute atomic E-state index is 0.0534. The van der Waals surface area contributed by atoms with Gasteiger partial charge >= 0.3 is 0 Å². The lowest BCUT2D eigenvalue weighted by molar-refractivity contribution is -0.123. The molecule has 166 valence electrons. The summed E-state index contributed by atoms with van der Waals surface area (Å²) < 4.78 is 11.9. The molecule has 3 aromatic carbocycles. The Balaban J connectivity index is 1.53. The molecular formula is C26H28N2O4. The number of hydrogen-bond acceptors (Lipinski definition) is 4. The maximum Gasteiger partial charge on any atom is 0.253 e. The fourth-order valence-electron chi connectivity index (χ4n) is 4.15. The van der Waals surface area contributed by atoms with Gasteiger partial charge < -0.3 is 20.1 Å². The zero-order valence-corrected chi connectivity index (χ0v) is 18.3. The van der Waals surface area contributed by atoms with Crippen LogP contribution in [-0.4, -0.2) is 36.4 Å². The Hall–Kier alpha value is -3.54. The van der Waals surface area contributed by atoms with Crippen molar-refractivity contribution in [3.8, 4) is 11.5 Å². The quantitative estimate of drug-likeness (QED) is 0.608. The van der Waals surface area contributed by atoms with Crippen LogP contribution < -0.4 is 15.2 Å². The minimum atomic E-state index is -0.286. The molecule has 1 fully saturated rings. The molecule has 0 radical (unpaired) electrons. The molecule has 0 saturated carbocycles. The molecular weight excluding hydrogens is 404 g/mol. The zero-order chi connectivity index (χ0) is 22.5. The molecule has 1 aliphatic heterocycles. The summed E-state index contributed by atoms with van der Waals surface area (Å²) in [5.41, 5.74) is 6.81. The highest BCUT2D eigenvalue weighted by atomic mass is 16.5. The van der Waals surface area contributed by atoms with E-state index >= 15 is 0 Å². The van der Waals surface area contributed by atoms with Gasteiger partial charge in [-0.25, -0.2) is 0 Å². The predicted octanol–water partition coefficient (Wildman–Crippen LogP) is 4.16. The van der Waals surface area contributed by atoms with Crippen molar-refractivity contribution in [3.63, 3.8) is 0 Å². The second-order valence-electron chi connectivity index (χ2n) is 7.99. The Kier molecular flexibility index (Phi) is 6.59. The first-order chi connectivity index (χ1) is 15.6. The SMILES string of the molecule is CCOc1ccc(C(=O)N2CCC(C(N)=O)CC2)cc1COc1cccc2ccccc12. The molecule has 0 spiro atoms. The average molecular weight is 433 g/mol. The number of rotatable bonds is 7. The monoisotopic (exact) mass is 432 g/mol. The minimum Gasteiger partial charge on any atom is -0.493 e. The average Bonchev–Trinajstić information content (AvgIpc) is 2.83. The Bertz CT molecular complexity index is 1110. The van der Waals surface area contributed by atoms with E-state index < -0.39 is 0 Å². The largest absolute Gasteiger partial charge is 0.493 e. The summed E-state index contributed by atoms with van der Waals surface area (Å²) in [6.45, 7) is 3.80. The van der Waals surface area contributed by atoms with Gasteiger partial charge in [0.25, 0.3) is 5.91 Å². The lowest BCUT2D eigenvalue weighted by atomic mass is 9.95. The number of benzene rings is 3. The van der Waals surface area contributed by atoms with Crippen molar-refractivity contribution in [1.29, 1.82) is 0 Å². The van der Waals surface area contributed by atoms with Crippen LogP contribution in [0.15, 0.2) is 60.7 Å². The van der Waals surface area contributed by atoms with Crippen LogP contribution in [0.2, 0.25) is 0 Å². The second kappa shape index (κ2) is 9.73. The molecule has 2 amide bonds. The van der Waals surface area contributed by atoms with Crippen molar-refractivity contribution in [2.24, 2.45) is 11.7 Å². The van der Waals surface area contributed by atoms with Crippen LogP contribution in [0.3, 0.4) is 0 Å². The van der Waals surface area contributed by atoms with Gasteiger partial charge in [-0.15, -0.1) is 0 Å². The summed E-state index contributed by atoms with van der Waals surface area (Å²) in [6.07, 6.45) is 1.21. The topological polar surface area (TPSA) is 81.9 Å². The Morgan fingerprint density at radius 1 is 0.969 bits per heavy atom. The van der Waals surface area contributed by atoms with Crippen LogP contribution in [0.5, 0.6) is 11.5 Å². The van der Waals surface area contributed by atoms with Gasteiger partial charge in [-0.2, -0.15) is 0 Å². The third-order valence-electron chi connectivity index (χ3n) is 5.92. The van der Waals surface area contributed by atoms with E-state index in [9.17, 15) is 9.59 Å². The second-order valence-corrected chi connectivity index (χ2v) is 7.99. The van der Waals surface area contributed by atoms with E-state index in [1.165, 1.54) is 0 Å². The third-order valence-corrected chi connectivity index (χ3v) is 5.92. The van der Waals surface area contributed by atoms with Crippen molar-refractivity contribution < 1.29 is 19.1 Å². The number of hydrogen-bond donors (Lipinski definition) is 1. The molecule has 0 atom stereocenters. The maximum atomic E-state index is 13.1. The molecule has 2 N–H and O–H groups in total. The number of piperidine rings is 1. The number of primary amides is 1. The van der Waals surface area contributed by atoms with Gasteiger partial charge in [-0.1, -0.05) is 36.4 Å². The van der Waals surface area contributed by atoms with Crippen molar-refractivity contribution in [2.45, 2.75) is 26.4 Å². The van der Waals surface area contributed by atoms with Gasteiger partial charge in [0.1, 0.15) is 18.1 Å². The number of fused-ring (bicyclic) bond motifs is 1. The summed E-state index contributed by atoms with van der Waals surface area (Å²) in [5, 5.41) is 2.15. The fourth-order valence-corrected chi connectivity index (χ4v) is 4.15. The molecule has 6 nitrogen and oxygen atoms in total. The number of nitrogens with two attached hydrogens (primary N) is 1. The molecule has 4 rings (SSSR count). The number of nitrogens with zero attached hydrogens (tertiary/aromatic N) is 1. The summed E-state index contributed by atoms with van der Waals surface area (Å²) in [7, 11) is 0. The summed E-state index contributed by atoms with van der Waals surface area (Å²) in [6, 6.07) is 19.5. The Morgan fingerprint density at radius 2 is 1.72 bits per heavy atom. The van der Waals surface area contributed by atoms with E-state index in [4.69, 9.17) is 15.2 Å². The molecule has 0 unspecified atom stereocenters. The molecule has 32 heavy (non-hydrogen) atoms.